The van der Waals surface area contributed by atoms with Gasteiger partial charge in [-0.15, -0.1) is 0 Å². The Balaban J connectivity index is 1.85. The summed E-state index contributed by atoms with van der Waals surface area (Å²) < 4.78 is 30.2. The minimum Gasteiger partial charge on any atom is -0.379 e. The Bertz CT molecular complexity index is 600. The highest BCUT2D eigenvalue weighted by Gasteiger charge is 2.20. The van der Waals surface area contributed by atoms with E-state index in [1.165, 1.54) is 0 Å². The smallest absolute Gasteiger partial charge is 0.240 e. The predicted octanol–water partition coefficient (Wildman–Crippen LogP) is -0.0990. The highest BCUT2D eigenvalue weighted by Crippen LogP contribution is 2.15. The molecule has 0 atom stereocenters. The standard InChI is InChI=1S/C15H23N3O4S/c1-23(20,21)18(14-5-3-2-4-6-14)13-15(19)16-7-8-17-9-11-22-12-10-17/h2-6H,7-13H2,1H3,(H,16,19). The molecule has 0 aromatic heterocycles. The van der Waals surface area contributed by atoms with Gasteiger partial charge in [-0.3, -0.25) is 14.0 Å². The number of carbonyl (C=O) groups is 1. The highest BCUT2D eigenvalue weighted by atomic mass is 32.2. The second kappa shape index (κ2) is 8.28. The van der Waals surface area contributed by atoms with E-state index in [1.807, 2.05) is 0 Å². The molecule has 1 aromatic rings. The van der Waals surface area contributed by atoms with Gasteiger partial charge in [-0.1, -0.05) is 18.2 Å². The summed E-state index contributed by atoms with van der Waals surface area (Å²) in [5, 5.41) is 2.77. The van der Waals surface area contributed by atoms with E-state index in [2.05, 4.69) is 10.2 Å². The molecule has 2 rings (SSSR count). The summed E-state index contributed by atoms with van der Waals surface area (Å²) in [6.07, 6.45) is 1.10. The van der Waals surface area contributed by atoms with E-state index in [9.17, 15) is 13.2 Å². The Morgan fingerprint density at radius 2 is 1.91 bits per heavy atom. The molecule has 0 aliphatic carbocycles. The lowest BCUT2D eigenvalue weighted by atomic mass is 10.3. The summed E-state index contributed by atoms with van der Waals surface area (Å²) in [5.74, 6) is -0.312. The zero-order valence-corrected chi connectivity index (χ0v) is 14.1. The van der Waals surface area contributed by atoms with Gasteiger partial charge in [-0.05, 0) is 12.1 Å². The maximum Gasteiger partial charge on any atom is 0.240 e. The second-order valence-electron chi connectivity index (χ2n) is 5.41. The highest BCUT2D eigenvalue weighted by molar-refractivity contribution is 7.92. The van der Waals surface area contributed by atoms with Crippen LogP contribution in [-0.2, 0) is 19.6 Å². The molecule has 0 unspecified atom stereocenters. The number of carbonyl (C=O) groups excluding carboxylic acids is 1. The van der Waals surface area contributed by atoms with Crippen molar-refractivity contribution < 1.29 is 17.9 Å². The summed E-state index contributed by atoms with van der Waals surface area (Å²) in [6.45, 7) is 4.15. The Morgan fingerprint density at radius 1 is 1.26 bits per heavy atom. The number of nitrogens with one attached hydrogen (secondary N) is 1. The first-order valence-corrected chi connectivity index (χ1v) is 9.41. The average molecular weight is 341 g/mol. The summed E-state index contributed by atoms with van der Waals surface area (Å²) in [6, 6.07) is 8.62. The molecule has 0 radical (unpaired) electrons. The van der Waals surface area contributed by atoms with Crippen LogP contribution in [0.2, 0.25) is 0 Å². The minimum atomic E-state index is -3.51. The van der Waals surface area contributed by atoms with Crippen LogP contribution in [0, 0.1) is 0 Å². The van der Waals surface area contributed by atoms with E-state index < -0.39 is 10.0 Å². The molecular weight excluding hydrogens is 318 g/mol. The van der Waals surface area contributed by atoms with Crippen LogP contribution in [0.1, 0.15) is 0 Å². The number of amides is 1. The first-order chi connectivity index (χ1) is 11.0. The van der Waals surface area contributed by atoms with E-state index in [1.54, 1.807) is 30.3 Å². The molecule has 1 saturated heterocycles. The number of benzene rings is 1. The third-order valence-corrected chi connectivity index (χ3v) is 4.73. The lowest BCUT2D eigenvalue weighted by Gasteiger charge is -2.27. The van der Waals surface area contributed by atoms with E-state index in [-0.39, 0.29) is 12.5 Å². The molecule has 1 fully saturated rings. The molecule has 0 saturated carbocycles. The predicted molar refractivity (Wildman–Crippen MR) is 88.9 cm³/mol. The number of morpholine rings is 1. The van der Waals surface area contributed by atoms with E-state index in [0.29, 0.717) is 25.4 Å². The molecule has 1 amide bonds. The molecule has 0 spiro atoms. The van der Waals surface area contributed by atoms with E-state index in [0.717, 1.165) is 30.2 Å². The number of hydrogen-bond acceptors (Lipinski definition) is 5. The van der Waals surface area contributed by atoms with Crippen molar-refractivity contribution in [3.05, 3.63) is 30.3 Å². The molecule has 23 heavy (non-hydrogen) atoms. The van der Waals surface area contributed by atoms with Crippen LogP contribution in [0.4, 0.5) is 5.69 Å². The van der Waals surface area contributed by atoms with Crippen molar-refractivity contribution >= 4 is 21.6 Å². The van der Waals surface area contributed by atoms with E-state index >= 15 is 0 Å². The maximum absolute atomic E-state index is 12.1. The van der Waals surface area contributed by atoms with Gasteiger partial charge in [0.25, 0.3) is 0 Å². The van der Waals surface area contributed by atoms with Crippen molar-refractivity contribution in [2.75, 3.05) is 56.5 Å². The van der Waals surface area contributed by atoms with Crippen molar-refractivity contribution in [1.29, 1.82) is 0 Å². The Morgan fingerprint density at radius 3 is 2.52 bits per heavy atom. The summed E-state index contributed by atoms with van der Waals surface area (Å²) >= 11 is 0. The summed E-state index contributed by atoms with van der Waals surface area (Å²) in [7, 11) is -3.51. The second-order valence-corrected chi connectivity index (χ2v) is 7.32. The van der Waals surface area contributed by atoms with Crippen LogP contribution in [0.3, 0.4) is 0 Å². The molecule has 1 aliphatic rings. The topological polar surface area (TPSA) is 79.0 Å². The Hall–Kier alpha value is -1.64. The van der Waals surface area contributed by atoms with Crippen molar-refractivity contribution in [3.8, 4) is 0 Å². The number of rotatable bonds is 7. The number of sulfonamides is 1. The van der Waals surface area contributed by atoms with Crippen LogP contribution in [-0.4, -0.2) is 71.4 Å². The van der Waals surface area contributed by atoms with E-state index in [4.69, 9.17) is 4.74 Å². The van der Waals surface area contributed by atoms with Gasteiger partial charge in [0.1, 0.15) is 6.54 Å². The number of nitrogens with zero attached hydrogens (tertiary/aromatic N) is 2. The number of anilines is 1. The molecule has 1 aromatic carbocycles. The van der Waals surface area contributed by atoms with Crippen molar-refractivity contribution in [2.24, 2.45) is 0 Å². The first-order valence-electron chi connectivity index (χ1n) is 7.56. The molecule has 7 nitrogen and oxygen atoms in total. The average Bonchev–Trinajstić information content (AvgIpc) is 2.53. The first kappa shape index (κ1) is 17.7. The zero-order chi connectivity index (χ0) is 16.7. The summed E-state index contributed by atoms with van der Waals surface area (Å²) in [4.78, 5) is 14.3. The quantitative estimate of drug-likeness (QED) is 0.749. The third-order valence-electron chi connectivity index (χ3n) is 3.59. The van der Waals surface area contributed by atoms with Gasteiger partial charge < -0.3 is 10.1 Å². The van der Waals surface area contributed by atoms with Gasteiger partial charge in [0, 0.05) is 26.2 Å². The van der Waals surface area contributed by atoms with Gasteiger partial charge in [0.05, 0.1) is 25.2 Å². The van der Waals surface area contributed by atoms with Crippen molar-refractivity contribution in [1.82, 2.24) is 10.2 Å². The zero-order valence-electron chi connectivity index (χ0n) is 13.3. The minimum absolute atomic E-state index is 0.216. The molecule has 128 valence electrons. The number of ether oxygens (including phenoxy) is 1. The van der Waals surface area contributed by atoms with Crippen LogP contribution < -0.4 is 9.62 Å². The Labute approximate surface area is 137 Å². The normalized spacial score (nSPS) is 16.0. The van der Waals surface area contributed by atoms with Gasteiger partial charge in [0.2, 0.25) is 15.9 Å². The lowest BCUT2D eigenvalue weighted by Crippen LogP contribution is -2.44. The molecule has 1 heterocycles. The van der Waals surface area contributed by atoms with Crippen LogP contribution >= 0.6 is 0 Å². The van der Waals surface area contributed by atoms with Gasteiger partial charge >= 0.3 is 0 Å². The van der Waals surface area contributed by atoms with Crippen LogP contribution in [0.5, 0.6) is 0 Å². The lowest BCUT2D eigenvalue weighted by molar-refractivity contribution is -0.119. The fourth-order valence-electron chi connectivity index (χ4n) is 2.36. The van der Waals surface area contributed by atoms with Gasteiger partial charge in [-0.2, -0.15) is 0 Å². The monoisotopic (exact) mass is 341 g/mol. The fraction of sp³-hybridized carbons (Fsp3) is 0.533. The van der Waals surface area contributed by atoms with Crippen LogP contribution in [0.15, 0.2) is 30.3 Å². The molecule has 8 heteroatoms. The van der Waals surface area contributed by atoms with Gasteiger partial charge in [-0.25, -0.2) is 8.42 Å². The van der Waals surface area contributed by atoms with Crippen LogP contribution in [0.25, 0.3) is 0 Å². The Kier molecular flexibility index (Phi) is 6.37. The van der Waals surface area contributed by atoms with Crippen molar-refractivity contribution in [3.63, 3.8) is 0 Å². The molecule has 0 bridgehead atoms. The van der Waals surface area contributed by atoms with Gasteiger partial charge in [0.15, 0.2) is 0 Å². The largest absolute Gasteiger partial charge is 0.379 e. The SMILES string of the molecule is CS(=O)(=O)N(CC(=O)NCCN1CCOCC1)c1ccccc1. The number of hydrogen-bond donors (Lipinski definition) is 1. The molecule has 1 N–H and O–H groups in total. The molecule has 1 aliphatic heterocycles. The fourth-order valence-corrected chi connectivity index (χ4v) is 3.22. The van der Waals surface area contributed by atoms with Crippen molar-refractivity contribution in [2.45, 2.75) is 0 Å². The summed E-state index contributed by atoms with van der Waals surface area (Å²) in [5.41, 5.74) is 0.485. The third kappa shape index (κ3) is 5.81. The maximum atomic E-state index is 12.1. The number of para-hydroxylation sites is 1. The molecular formula is C15H23N3O4S.